The third-order valence-corrected chi connectivity index (χ3v) is 11.3. The number of carbonyl (C=O) groups is 4. The van der Waals surface area contributed by atoms with Crippen LogP contribution in [0.4, 0.5) is 5.69 Å². The SMILES string of the molecule is O=C1CCC(N2C(=O)c3cccc(OCCCN4CCN(c5ccc(-n6cc(-c7ccc8c(c7)CCC8O)c(-c7ccncc7)n6)cc5)CC4)c3C2=O)C(=O)N1. The smallest absolute Gasteiger partial charge is 0.266 e. The van der Waals surface area contributed by atoms with Crippen LogP contribution in [0.2, 0.25) is 0 Å². The van der Waals surface area contributed by atoms with Crippen molar-refractivity contribution in [2.75, 3.05) is 44.2 Å². The van der Waals surface area contributed by atoms with Crippen LogP contribution in [-0.2, 0) is 16.0 Å². The van der Waals surface area contributed by atoms with Gasteiger partial charge in [0, 0.05) is 74.5 Å². The molecule has 0 radical (unpaired) electrons. The Bertz CT molecular complexity index is 2330. The molecule has 9 rings (SSSR count). The van der Waals surface area contributed by atoms with E-state index in [1.165, 1.54) is 5.56 Å². The van der Waals surface area contributed by atoms with Gasteiger partial charge in [-0.05, 0) is 90.9 Å². The molecular weight excluding hydrogens is 711 g/mol. The summed E-state index contributed by atoms with van der Waals surface area (Å²) < 4.78 is 7.98. The predicted molar refractivity (Wildman–Crippen MR) is 207 cm³/mol. The zero-order chi connectivity index (χ0) is 38.3. The predicted octanol–water partition coefficient (Wildman–Crippen LogP) is 4.57. The lowest BCUT2D eigenvalue weighted by atomic mass is 9.98. The zero-order valence-electron chi connectivity index (χ0n) is 30.8. The number of aromatic nitrogens is 3. The monoisotopic (exact) mass is 751 g/mol. The molecule has 2 fully saturated rings. The highest BCUT2D eigenvalue weighted by molar-refractivity contribution is 6.24. The summed E-state index contributed by atoms with van der Waals surface area (Å²) in [5, 5.41) is 17.6. The van der Waals surface area contributed by atoms with Crippen LogP contribution in [0, 0.1) is 0 Å². The Labute approximate surface area is 323 Å². The number of aliphatic hydroxyl groups excluding tert-OH is 1. The molecule has 5 aromatic rings. The van der Waals surface area contributed by atoms with E-state index in [4.69, 9.17) is 9.84 Å². The first-order chi connectivity index (χ1) is 27.3. The van der Waals surface area contributed by atoms with Crippen LogP contribution in [0.1, 0.15) is 63.6 Å². The van der Waals surface area contributed by atoms with Crippen LogP contribution in [-0.4, -0.2) is 98.7 Å². The molecule has 0 saturated carbocycles. The van der Waals surface area contributed by atoms with Gasteiger partial charge >= 0.3 is 0 Å². The number of carbonyl (C=O) groups excluding carboxylic acids is 4. The highest BCUT2D eigenvalue weighted by Crippen LogP contribution is 2.38. The van der Waals surface area contributed by atoms with Crippen molar-refractivity contribution in [1.82, 2.24) is 29.9 Å². The van der Waals surface area contributed by atoms with Crippen molar-refractivity contribution in [3.05, 3.63) is 114 Å². The fourth-order valence-electron chi connectivity index (χ4n) is 8.32. The van der Waals surface area contributed by atoms with E-state index in [-0.39, 0.29) is 24.0 Å². The number of ether oxygens (including phenoxy) is 1. The number of aliphatic hydroxyl groups is 1. The Morgan fingerprint density at radius 2 is 1.59 bits per heavy atom. The standard InChI is InChI=1S/C43H41N7O6/c51-36-13-6-28-25-29(5-11-32(28)36)34-26-49(46-40(34)27-15-17-44-18-16-27)31-9-7-30(8-10-31)48-22-20-47(21-23-48)19-2-24-56-37-4-1-3-33-39(37)43(55)50(42(33)54)35-12-14-38(52)45-41(35)53/h1,3-5,7-11,15-18,25-26,35-36,51H,2,6,12-14,19-24H2,(H,45,52,53). The Balaban J connectivity index is 0.802. The normalized spacial score (nSPS) is 19.7. The maximum Gasteiger partial charge on any atom is 0.266 e. The fourth-order valence-corrected chi connectivity index (χ4v) is 8.32. The van der Waals surface area contributed by atoms with E-state index in [9.17, 15) is 24.3 Å². The van der Waals surface area contributed by atoms with Gasteiger partial charge in [0.2, 0.25) is 11.8 Å². The minimum Gasteiger partial charge on any atom is -0.493 e. The van der Waals surface area contributed by atoms with Gasteiger partial charge in [0.15, 0.2) is 0 Å². The first-order valence-electron chi connectivity index (χ1n) is 19.2. The quantitative estimate of drug-likeness (QED) is 0.154. The lowest BCUT2D eigenvalue weighted by Crippen LogP contribution is -2.54. The molecule has 13 nitrogen and oxygen atoms in total. The molecule has 0 spiro atoms. The Morgan fingerprint density at radius 1 is 0.804 bits per heavy atom. The minimum absolute atomic E-state index is 0.0698. The van der Waals surface area contributed by atoms with E-state index in [0.717, 1.165) is 96.2 Å². The number of hydrogen-bond acceptors (Lipinski definition) is 10. The maximum absolute atomic E-state index is 13.4. The second kappa shape index (κ2) is 14.8. The summed E-state index contributed by atoms with van der Waals surface area (Å²) in [5.74, 6) is -1.83. The van der Waals surface area contributed by atoms with Gasteiger partial charge in [-0.2, -0.15) is 5.10 Å². The molecule has 1 aliphatic carbocycles. The molecule has 2 atom stereocenters. The van der Waals surface area contributed by atoms with E-state index in [1.807, 2.05) is 22.9 Å². The van der Waals surface area contributed by atoms with Gasteiger partial charge in [-0.25, -0.2) is 4.68 Å². The average Bonchev–Trinajstić information content (AvgIpc) is 3.91. The first-order valence-corrected chi connectivity index (χ1v) is 19.2. The molecule has 13 heteroatoms. The largest absolute Gasteiger partial charge is 0.493 e. The van der Waals surface area contributed by atoms with Gasteiger partial charge in [-0.15, -0.1) is 0 Å². The molecular formula is C43H41N7O6. The molecule has 56 heavy (non-hydrogen) atoms. The molecule has 2 N–H and O–H groups in total. The number of imide groups is 2. The summed E-state index contributed by atoms with van der Waals surface area (Å²) in [7, 11) is 0. The van der Waals surface area contributed by atoms with Crippen molar-refractivity contribution in [3.63, 3.8) is 0 Å². The number of pyridine rings is 1. The Morgan fingerprint density at radius 3 is 2.38 bits per heavy atom. The molecule has 2 aromatic heterocycles. The maximum atomic E-state index is 13.4. The van der Waals surface area contributed by atoms with Crippen molar-refractivity contribution in [2.45, 2.75) is 44.2 Å². The van der Waals surface area contributed by atoms with Crippen LogP contribution >= 0.6 is 0 Å². The molecule has 2 unspecified atom stereocenters. The molecule has 4 aliphatic rings. The number of rotatable bonds is 10. The van der Waals surface area contributed by atoms with E-state index in [1.54, 1.807) is 30.6 Å². The number of aryl methyl sites for hydroxylation is 1. The molecule has 4 amide bonds. The fraction of sp³-hybridized carbons (Fsp3) is 0.302. The van der Waals surface area contributed by atoms with E-state index in [2.05, 4.69) is 62.7 Å². The zero-order valence-corrected chi connectivity index (χ0v) is 30.8. The number of fused-ring (bicyclic) bond motifs is 2. The summed E-state index contributed by atoms with van der Waals surface area (Å²) in [4.78, 5) is 60.5. The summed E-state index contributed by atoms with van der Waals surface area (Å²) in [6.45, 7) is 4.74. The van der Waals surface area contributed by atoms with Gasteiger partial charge in [-0.1, -0.05) is 24.3 Å². The number of piperidine rings is 1. The highest BCUT2D eigenvalue weighted by Gasteiger charge is 2.46. The molecule has 3 aliphatic heterocycles. The first kappa shape index (κ1) is 35.5. The number of nitrogens with zero attached hydrogens (tertiary/aromatic N) is 6. The second-order valence-electron chi connectivity index (χ2n) is 14.7. The molecule has 284 valence electrons. The van der Waals surface area contributed by atoms with E-state index >= 15 is 0 Å². The number of anilines is 1. The van der Waals surface area contributed by atoms with Crippen LogP contribution in [0.15, 0.2) is 91.4 Å². The van der Waals surface area contributed by atoms with Crippen molar-refractivity contribution < 1.29 is 29.0 Å². The van der Waals surface area contributed by atoms with Crippen LogP contribution in [0.25, 0.3) is 28.1 Å². The molecule has 3 aromatic carbocycles. The Hall–Kier alpha value is -6.18. The Kier molecular flexibility index (Phi) is 9.39. The van der Waals surface area contributed by atoms with Crippen molar-refractivity contribution in [2.24, 2.45) is 0 Å². The molecule has 2 saturated heterocycles. The van der Waals surface area contributed by atoms with Crippen LogP contribution in [0.3, 0.4) is 0 Å². The number of hydrogen-bond donors (Lipinski definition) is 2. The molecule has 0 bridgehead atoms. The number of piperazine rings is 1. The molecule has 5 heterocycles. The van der Waals surface area contributed by atoms with Crippen LogP contribution < -0.4 is 15.0 Å². The van der Waals surface area contributed by atoms with E-state index < -0.39 is 35.8 Å². The third kappa shape index (κ3) is 6.62. The van der Waals surface area contributed by atoms with Gasteiger partial charge in [-0.3, -0.25) is 39.3 Å². The lowest BCUT2D eigenvalue weighted by molar-refractivity contribution is -0.136. The van der Waals surface area contributed by atoms with Crippen LogP contribution in [0.5, 0.6) is 5.75 Å². The number of benzene rings is 3. The lowest BCUT2D eigenvalue weighted by Gasteiger charge is -2.36. The summed E-state index contributed by atoms with van der Waals surface area (Å²) in [5.41, 5.74) is 8.67. The average molecular weight is 752 g/mol. The van der Waals surface area contributed by atoms with E-state index in [0.29, 0.717) is 12.4 Å². The number of nitrogens with one attached hydrogen (secondary N) is 1. The third-order valence-electron chi connectivity index (χ3n) is 11.3. The second-order valence-corrected chi connectivity index (χ2v) is 14.7. The van der Waals surface area contributed by atoms with Crippen molar-refractivity contribution in [1.29, 1.82) is 0 Å². The van der Waals surface area contributed by atoms with Gasteiger partial charge in [0.1, 0.15) is 17.5 Å². The number of amides is 4. The van der Waals surface area contributed by atoms with Gasteiger partial charge in [0.05, 0.1) is 29.5 Å². The van der Waals surface area contributed by atoms with Gasteiger partial charge in [0.25, 0.3) is 11.8 Å². The van der Waals surface area contributed by atoms with Crippen molar-refractivity contribution in [3.8, 4) is 33.8 Å². The topological polar surface area (TPSA) is 150 Å². The van der Waals surface area contributed by atoms with Crippen molar-refractivity contribution >= 4 is 29.3 Å². The minimum atomic E-state index is -1.02. The highest BCUT2D eigenvalue weighted by atomic mass is 16.5. The summed E-state index contributed by atoms with van der Waals surface area (Å²) >= 11 is 0. The summed E-state index contributed by atoms with van der Waals surface area (Å²) in [6, 6.07) is 22.7. The summed E-state index contributed by atoms with van der Waals surface area (Å²) in [6.07, 6.45) is 7.79. The van der Waals surface area contributed by atoms with Gasteiger partial charge < -0.3 is 14.7 Å².